The minimum absolute atomic E-state index is 0.0741. The van der Waals surface area contributed by atoms with E-state index in [1.54, 1.807) is 0 Å². The molecule has 0 spiro atoms. The smallest absolute Gasteiger partial charge is 0.335 e. The number of nitrogens with zero attached hydrogens (tertiary/aromatic N) is 3. The molecule has 3 N–H and O–H groups in total. The molecule has 0 radical (unpaired) electrons. The summed E-state index contributed by atoms with van der Waals surface area (Å²) in [6.45, 7) is 4.14. The number of hydrogen-bond acceptors (Lipinski definition) is 5. The molecule has 216 valence electrons. The molecule has 9 heteroatoms. The number of aromatic carboxylic acids is 1. The lowest BCUT2D eigenvalue weighted by atomic mass is 10.1. The van der Waals surface area contributed by atoms with Gasteiger partial charge in [-0.2, -0.15) is 0 Å². The molecule has 4 aromatic rings. The van der Waals surface area contributed by atoms with E-state index in [9.17, 15) is 4.79 Å². The number of para-hydroxylation sites is 2. The van der Waals surface area contributed by atoms with E-state index in [1.165, 1.54) is 24.3 Å². The summed E-state index contributed by atoms with van der Waals surface area (Å²) in [6, 6.07) is 33.3. The predicted octanol–water partition coefficient (Wildman–Crippen LogP) is 8.58. The second-order valence-corrected chi connectivity index (χ2v) is 10.9. The third-order valence-electron chi connectivity index (χ3n) is 6.42. The number of aromatic hydroxyl groups is 1. The molecule has 2 aliphatic rings. The summed E-state index contributed by atoms with van der Waals surface area (Å²) < 4.78 is 2.21. The molecule has 43 heavy (non-hydrogen) atoms. The van der Waals surface area contributed by atoms with Crippen LogP contribution in [0, 0.1) is 0 Å². The zero-order valence-corrected chi connectivity index (χ0v) is 24.9. The minimum atomic E-state index is -0.986. The van der Waals surface area contributed by atoms with Crippen molar-refractivity contribution >= 4 is 51.6 Å². The number of rotatable bonds is 5. The van der Waals surface area contributed by atoms with E-state index < -0.39 is 5.97 Å². The van der Waals surface area contributed by atoms with Gasteiger partial charge in [0, 0.05) is 27.5 Å². The number of aromatic nitrogens is 2. The van der Waals surface area contributed by atoms with E-state index >= 15 is 0 Å². The van der Waals surface area contributed by atoms with Crippen LogP contribution in [-0.4, -0.2) is 31.8 Å². The maximum atomic E-state index is 10.2. The molecule has 0 bridgehead atoms. The highest BCUT2D eigenvalue weighted by atomic mass is 35.5. The molecule has 0 saturated carbocycles. The molecule has 0 fully saturated rings. The molecule has 0 unspecified atom stereocenters. The van der Waals surface area contributed by atoms with Crippen LogP contribution in [0.15, 0.2) is 114 Å². The van der Waals surface area contributed by atoms with Crippen molar-refractivity contribution in [3.63, 3.8) is 0 Å². The molecule has 0 atom stereocenters. The topological polar surface area (TPSA) is 99.7 Å². The summed E-state index contributed by atoms with van der Waals surface area (Å²) >= 11 is 12.2. The van der Waals surface area contributed by atoms with Crippen molar-refractivity contribution in [2.75, 3.05) is 5.32 Å². The Balaban J connectivity index is 0.000000314. The number of carboxylic acids is 1. The van der Waals surface area contributed by atoms with Crippen molar-refractivity contribution in [1.82, 2.24) is 9.55 Å². The van der Waals surface area contributed by atoms with Crippen LogP contribution in [0.25, 0.3) is 28.1 Å². The highest BCUT2D eigenvalue weighted by Gasteiger charge is 2.17. The molecule has 1 aliphatic heterocycles. The Morgan fingerprint density at radius 1 is 0.860 bits per heavy atom. The number of fused-ring (bicyclic) bond motifs is 2. The SMILES string of the molecule is CC(C)N=c1cc2n(-c3ccc(Cl)cc3)c3ccccc3nc-2cc1Nc1ccc(Cl)cc1.O=C(O)c1ccc(O)cc1. The number of anilines is 2. The van der Waals surface area contributed by atoms with Crippen LogP contribution >= 0.6 is 23.2 Å². The molecule has 1 heterocycles. The first-order valence-corrected chi connectivity index (χ1v) is 14.2. The van der Waals surface area contributed by atoms with Crippen LogP contribution in [0.4, 0.5) is 11.4 Å². The highest BCUT2D eigenvalue weighted by Crippen LogP contribution is 2.31. The summed E-state index contributed by atoms with van der Waals surface area (Å²) in [4.78, 5) is 20.1. The maximum Gasteiger partial charge on any atom is 0.335 e. The zero-order valence-electron chi connectivity index (χ0n) is 23.4. The zero-order chi connectivity index (χ0) is 30.5. The fraction of sp³-hybridized carbons (Fsp3) is 0.0882. The summed E-state index contributed by atoms with van der Waals surface area (Å²) in [7, 11) is 0. The van der Waals surface area contributed by atoms with Crippen molar-refractivity contribution in [3.8, 4) is 22.8 Å². The number of phenolic OH excluding ortho intramolecular Hbond substituents is 1. The Morgan fingerprint density at radius 3 is 2.12 bits per heavy atom. The number of benzene rings is 5. The second-order valence-electron chi connectivity index (χ2n) is 9.98. The van der Waals surface area contributed by atoms with E-state index in [4.69, 9.17) is 43.4 Å². The molecule has 1 aliphatic carbocycles. The van der Waals surface area contributed by atoms with Crippen LogP contribution in [-0.2, 0) is 0 Å². The molecule has 6 rings (SSSR count). The van der Waals surface area contributed by atoms with Gasteiger partial charge in [0.2, 0.25) is 0 Å². The summed E-state index contributed by atoms with van der Waals surface area (Å²) in [5.41, 5.74) is 6.77. The molecule has 4 aromatic carbocycles. The number of hydrogen-bond donors (Lipinski definition) is 3. The number of carbonyl (C=O) groups is 1. The van der Waals surface area contributed by atoms with Gasteiger partial charge in [0.1, 0.15) is 5.75 Å². The monoisotopic (exact) mass is 610 g/mol. The number of carboxylic acid groups (broad SMARTS) is 1. The van der Waals surface area contributed by atoms with Gasteiger partial charge in [-0.25, -0.2) is 9.78 Å². The molecule has 0 aromatic heterocycles. The minimum Gasteiger partial charge on any atom is -0.508 e. The largest absolute Gasteiger partial charge is 0.508 e. The van der Waals surface area contributed by atoms with Gasteiger partial charge in [0.25, 0.3) is 0 Å². The maximum absolute atomic E-state index is 10.2. The van der Waals surface area contributed by atoms with Crippen molar-refractivity contribution in [2.45, 2.75) is 19.9 Å². The van der Waals surface area contributed by atoms with E-state index in [2.05, 4.69) is 41.9 Å². The van der Waals surface area contributed by atoms with Gasteiger partial charge in [-0.1, -0.05) is 35.3 Å². The summed E-state index contributed by atoms with van der Waals surface area (Å²) in [6.07, 6.45) is 0. The van der Waals surface area contributed by atoms with Crippen molar-refractivity contribution in [3.05, 3.63) is 130 Å². The number of nitrogens with one attached hydrogen (secondary N) is 1. The molecular weight excluding hydrogens is 583 g/mol. The van der Waals surface area contributed by atoms with Gasteiger partial charge < -0.3 is 20.1 Å². The lowest BCUT2D eigenvalue weighted by molar-refractivity contribution is 0.0697. The Hall–Kier alpha value is -4.85. The quantitative estimate of drug-likeness (QED) is 0.170. The summed E-state index contributed by atoms with van der Waals surface area (Å²) in [5.74, 6) is -0.912. The first-order valence-electron chi connectivity index (χ1n) is 13.5. The first kappa shape index (κ1) is 29.6. The van der Waals surface area contributed by atoms with Crippen LogP contribution in [0.3, 0.4) is 0 Å². The molecule has 0 saturated heterocycles. The Kier molecular flexibility index (Phi) is 8.95. The molecule has 0 amide bonds. The normalized spacial score (nSPS) is 11.4. The predicted molar refractivity (Wildman–Crippen MR) is 173 cm³/mol. The van der Waals surface area contributed by atoms with Crippen molar-refractivity contribution in [1.29, 1.82) is 0 Å². The highest BCUT2D eigenvalue weighted by molar-refractivity contribution is 6.30. The Bertz CT molecular complexity index is 1920. The van der Waals surface area contributed by atoms with Gasteiger partial charge in [-0.05, 0) is 111 Å². The van der Waals surface area contributed by atoms with Crippen LogP contribution in [0.5, 0.6) is 5.75 Å². The van der Waals surface area contributed by atoms with E-state index in [0.29, 0.717) is 10.0 Å². The average Bonchev–Trinajstić information content (AvgIpc) is 2.98. The fourth-order valence-corrected chi connectivity index (χ4v) is 4.74. The van der Waals surface area contributed by atoms with Crippen LogP contribution in [0.1, 0.15) is 24.2 Å². The van der Waals surface area contributed by atoms with E-state index in [0.717, 1.165) is 44.8 Å². The van der Waals surface area contributed by atoms with Crippen LogP contribution < -0.4 is 10.7 Å². The van der Waals surface area contributed by atoms with E-state index in [1.807, 2.05) is 66.7 Å². The third-order valence-corrected chi connectivity index (χ3v) is 6.92. The van der Waals surface area contributed by atoms with Gasteiger partial charge in [0.15, 0.2) is 0 Å². The van der Waals surface area contributed by atoms with Gasteiger partial charge in [-0.15, -0.1) is 0 Å². The van der Waals surface area contributed by atoms with Gasteiger partial charge in [0.05, 0.1) is 39.0 Å². The van der Waals surface area contributed by atoms with E-state index in [-0.39, 0.29) is 17.4 Å². The van der Waals surface area contributed by atoms with Crippen molar-refractivity contribution in [2.24, 2.45) is 4.99 Å². The number of halogens is 2. The second kappa shape index (κ2) is 13.0. The molecular formula is C34H28Cl2N4O3. The first-order chi connectivity index (χ1) is 20.7. The summed E-state index contributed by atoms with van der Waals surface area (Å²) in [5, 5.41) is 22.9. The van der Waals surface area contributed by atoms with Gasteiger partial charge >= 0.3 is 5.97 Å². The van der Waals surface area contributed by atoms with Crippen LogP contribution in [0.2, 0.25) is 10.0 Å². The van der Waals surface area contributed by atoms with Crippen molar-refractivity contribution < 1.29 is 15.0 Å². The Labute approximate surface area is 258 Å². The standard InChI is InChI=1S/C27H22Cl2N4.C7H6O3/c1-17(2)30-24-16-27-25(15-23(24)31-20-11-7-18(28)8-12-20)32-22-5-3-4-6-26(22)33(27)21-13-9-19(29)10-14-21;8-6-3-1-5(2-4-6)7(9)10/h3-17,31H,1-2H3;1-4,8H,(H,9,10). The lowest BCUT2D eigenvalue weighted by Crippen LogP contribution is -2.16. The third kappa shape index (κ3) is 7.15. The number of phenols is 1. The van der Waals surface area contributed by atoms with Gasteiger partial charge in [-0.3, -0.25) is 4.99 Å². The molecule has 7 nitrogen and oxygen atoms in total. The average molecular weight is 612 g/mol. The lowest BCUT2D eigenvalue weighted by Gasteiger charge is -2.20. The Morgan fingerprint density at radius 2 is 1.49 bits per heavy atom. The fourth-order valence-electron chi connectivity index (χ4n) is 4.49.